The van der Waals surface area contributed by atoms with Crippen molar-refractivity contribution in [2.45, 2.75) is 26.2 Å². The van der Waals surface area contributed by atoms with Gasteiger partial charge < -0.3 is 19.9 Å². The smallest absolute Gasteiger partial charge is 0.359 e. The molecule has 1 aromatic carbocycles. The maximum absolute atomic E-state index is 12.5. The fourth-order valence-electron chi connectivity index (χ4n) is 4.72. The van der Waals surface area contributed by atoms with Crippen molar-refractivity contribution < 1.29 is 9.53 Å². The number of carbonyl (C=O) groups is 1. The average Bonchev–Trinajstić information content (AvgIpc) is 3.05. The van der Waals surface area contributed by atoms with Crippen molar-refractivity contribution in [2.24, 2.45) is 7.05 Å². The number of esters is 1. The van der Waals surface area contributed by atoms with Crippen molar-refractivity contribution in [1.29, 1.82) is 0 Å². The number of hydrogen-bond acceptors (Lipinski definition) is 8. The molecule has 0 unspecified atom stereocenters. The quantitative estimate of drug-likeness (QED) is 0.536. The zero-order chi connectivity index (χ0) is 23.7. The lowest BCUT2D eigenvalue weighted by molar-refractivity contribution is 0.0517. The third-order valence-electron chi connectivity index (χ3n) is 6.57. The first-order valence-electron chi connectivity index (χ1n) is 11.9. The van der Waals surface area contributed by atoms with E-state index < -0.39 is 0 Å². The fourth-order valence-corrected chi connectivity index (χ4v) is 4.72. The Morgan fingerprint density at radius 1 is 1.09 bits per heavy atom. The minimum absolute atomic E-state index is 0. The van der Waals surface area contributed by atoms with Crippen LogP contribution in [0.3, 0.4) is 0 Å². The van der Waals surface area contributed by atoms with E-state index >= 15 is 0 Å². The molecule has 0 radical (unpaired) electrons. The summed E-state index contributed by atoms with van der Waals surface area (Å²) in [6.45, 7) is 6.37. The zero-order valence-corrected chi connectivity index (χ0v) is 21.3. The highest BCUT2D eigenvalue weighted by atomic mass is 35.5. The lowest BCUT2D eigenvalue weighted by Gasteiger charge is -2.34. The van der Waals surface area contributed by atoms with Gasteiger partial charge >= 0.3 is 5.97 Å². The minimum Gasteiger partial charge on any atom is -0.461 e. The Hall–Kier alpha value is -3.17. The van der Waals surface area contributed by atoms with Gasteiger partial charge in [-0.2, -0.15) is 5.10 Å². The van der Waals surface area contributed by atoms with E-state index in [2.05, 4.69) is 56.5 Å². The molecule has 1 saturated heterocycles. The molecule has 3 heterocycles. The van der Waals surface area contributed by atoms with Crippen molar-refractivity contribution in [1.82, 2.24) is 24.6 Å². The number of rotatable bonds is 5. The van der Waals surface area contributed by atoms with Gasteiger partial charge in [0.05, 0.1) is 18.0 Å². The van der Waals surface area contributed by atoms with Crippen molar-refractivity contribution in [3.05, 3.63) is 47.3 Å². The van der Waals surface area contributed by atoms with E-state index in [1.807, 2.05) is 13.2 Å². The van der Waals surface area contributed by atoms with Gasteiger partial charge in [-0.1, -0.05) is 0 Å². The van der Waals surface area contributed by atoms with E-state index in [0.717, 1.165) is 73.6 Å². The van der Waals surface area contributed by atoms with Crippen LogP contribution in [0.4, 0.5) is 17.3 Å². The molecule has 3 aromatic rings. The topological polar surface area (TPSA) is 88.4 Å². The first-order valence-corrected chi connectivity index (χ1v) is 11.9. The molecular formula is C25H32ClN7O2. The summed E-state index contributed by atoms with van der Waals surface area (Å²) < 4.78 is 6.98. The van der Waals surface area contributed by atoms with Crippen LogP contribution >= 0.6 is 12.4 Å². The Morgan fingerprint density at radius 3 is 2.54 bits per heavy atom. The van der Waals surface area contributed by atoms with Gasteiger partial charge in [0.1, 0.15) is 0 Å². The highest BCUT2D eigenvalue weighted by Crippen LogP contribution is 2.33. The number of aryl methyl sites for hydroxylation is 2. The molecule has 10 heteroatoms. The van der Waals surface area contributed by atoms with Gasteiger partial charge in [-0.05, 0) is 63.1 Å². The van der Waals surface area contributed by atoms with Gasteiger partial charge in [0.25, 0.3) is 0 Å². The molecule has 0 atom stereocenters. The van der Waals surface area contributed by atoms with E-state index in [9.17, 15) is 4.79 Å². The number of nitrogens with one attached hydrogen (secondary N) is 1. The summed E-state index contributed by atoms with van der Waals surface area (Å²) >= 11 is 0. The second-order valence-electron chi connectivity index (χ2n) is 8.90. The van der Waals surface area contributed by atoms with E-state index in [4.69, 9.17) is 9.72 Å². The normalized spacial score (nSPS) is 15.5. The second-order valence-corrected chi connectivity index (χ2v) is 8.90. The molecular weight excluding hydrogens is 466 g/mol. The van der Waals surface area contributed by atoms with Crippen LogP contribution in [0.5, 0.6) is 0 Å². The molecule has 2 aromatic heterocycles. The number of ether oxygens (including phenoxy) is 1. The summed E-state index contributed by atoms with van der Waals surface area (Å²) in [4.78, 5) is 26.7. The number of aromatic nitrogens is 4. The van der Waals surface area contributed by atoms with Crippen LogP contribution < -0.4 is 10.2 Å². The number of likely N-dealkylation sites (N-methyl/N-ethyl adjacent to an activating group) is 1. The first kappa shape index (κ1) is 24.9. The molecule has 1 fully saturated rings. The zero-order valence-electron chi connectivity index (χ0n) is 20.5. The Labute approximate surface area is 211 Å². The van der Waals surface area contributed by atoms with E-state index in [1.165, 1.54) is 5.69 Å². The van der Waals surface area contributed by atoms with Gasteiger partial charge in [0.15, 0.2) is 5.69 Å². The van der Waals surface area contributed by atoms with Crippen LogP contribution in [0.1, 0.15) is 35.0 Å². The second kappa shape index (κ2) is 10.6. The number of nitrogens with zero attached hydrogens (tertiary/aromatic N) is 6. The molecule has 0 spiro atoms. The molecule has 1 aliphatic heterocycles. The molecule has 2 aliphatic rings. The van der Waals surface area contributed by atoms with Crippen molar-refractivity contribution in [3.63, 3.8) is 0 Å². The third kappa shape index (κ3) is 5.11. The van der Waals surface area contributed by atoms with Crippen LogP contribution in [0.2, 0.25) is 0 Å². The van der Waals surface area contributed by atoms with Crippen molar-refractivity contribution in [2.75, 3.05) is 50.1 Å². The van der Waals surface area contributed by atoms with Gasteiger partial charge in [-0.15, -0.1) is 12.4 Å². The van der Waals surface area contributed by atoms with Gasteiger partial charge in [0, 0.05) is 56.4 Å². The molecule has 186 valence electrons. The van der Waals surface area contributed by atoms with E-state index in [-0.39, 0.29) is 18.4 Å². The summed E-state index contributed by atoms with van der Waals surface area (Å²) in [5.41, 5.74) is 6.21. The maximum atomic E-state index is 12.5. The van der Waals surface area contributed by atoms with Crippen LogP contribution in [0, 0.1) is 0 Å². The van der Waals surface area contributed by atoms with E-state index in [0.29, 0.717) is 18.2 Å². The number of carbonyl (C=O) groups excluding carboxylic acids is 1. The summed E-state index contributed by atoms with van der Waals surface area (Å²) in [6.07, 6.45) is 4.40. The Kier molecular flexibility index (Phi) is 7.57. The van der Waals surface area contributed by atoms with Crippen LogP contribution in [0.15, 0.2) is 30.5 Å². The molecule has 1 aliphatic carbocycles. The number of benzene rings is 1. The SMILES string of the molecule is CCOC(=O)c1nn(C)c2c1CCCc1cnc(Nc3ccc(N4CCN(C)CC4)cc3)nc1-2.Cl. The highest BCUT2D eigenvalue weighted by Gasteiger charge is 2.28. The standard InChI is InChI=1S/C25H31N7O2.ClH/c1-4-34-24(33)22-20-7-5-6-17-16-26-25(28-21(17)23(20)31(3)29-22)27-18-8-10-19(11-9-18)32-14-12-30(2)13-15-32;/h8-11,16H,4-7,12-15H2,1-3H3,(H,26,27,28);1H. The lowest BCUT2D eigenvalue weighted by Crippen LogP contribution is -2.44. The van der Waals surface area contributed by atoms with Crippen LogP contribution in [-0.4, -0.2) is 70.5 Å². The Morgan fingerprint density at radius 2 is 1.83 bits per heavy atom. The molecule has 0 bridgehead atoms. The van der Waals surface area contributed by atoms with Crippen molar-refractivity contribution >= 4 is 35.7 Å². The third-order valence-corrected chi connectivity index (χ3v) is 6.57. The Bertz CT molecular complexity index is 1190. The highest BCUT2D eigenvalue weighted by molar-refractivity contribution is 5.91. The van der Waals surface area contributed by atoms with Crippen LogP contribution in [0.25, 0.3) is 11.4 Å². The molecule has 0 amide bonds. The monoisotopic (exact) mass is 497 g/mol. The number of anilines is 3. The summed E-state index contributed by atoms with van der Waals surface area (Å²) in [5.74, 6) is 0.147. The molecule has 5 rings (SSSR count). The summed E-state index contributed by atoms with van der Waals surface area (Å²) in [6, 6.07) is 8.41. The van der Waals surface area contributed by atoms with Gasteiger partial charge in [-0.3, -0.25) is 4.68 Å². The van der Waals surface area contributed by atoms with Gasteiger partial charge in [0.2, 0.25) is 5.95 Å². The minimum atomic E-state index is -0.379. The number of hydrogen-bond donors (Lipinski definition) is 1. The largest absolute Gasteiger partial charge is 0.461 e. The van der Waals surface area contributed by atoms with Gasteiger partial charge in [-0.25, -0.2) is 14.8 Å². The fraction of sp³-hybridized carbons (Fsp3) is 0.440. The average molecular weight is 498 g/mol. The molecule has 0 saturated carbocycles. The number of fused-ring (bicyclic) bond motifs is 3. The summed E-state index contributed by atoms with van der Waals surface area (Å²) in [5, 5.41) is 7.82. The summed E-state index contributed by atoms with van der Waals surface area (Å²) in [7, 11) is 4.01. The predicted octanol–water partition coefficient (Wildman–Crippen LogP) is 3.46. The number of halogens is 1. The van der Waals surface area contributed by atoms with E-state index in [1.54, 1.807) is 11.6 Å². The Balaban J connectivity index is 0.00000289. The lowest BCUT2D eigenvalue weighted by atomic mass is 10.1. The predicted molar refractivity (Wildman–Crippen MR) is 139 cm³/mol. The first-order chi connectivity index (χ1) is 16.5. The van der Waals surface area contributed by atoms with Crippen LogP contribution in [-0.2, 0) is 24.6 Å². The maximum Gasteiger partial charge on any atom is 0.359 e. The molecule has 35 heavy (non-hydrogen) atoms. The molecule has 9 nitrogen and oxygen atoms in total. The van der Waals surface area contributed by atoms with Crippen molar-refractivity contribution in [3.8, 4) is 11.4 Å². The molecule has 1 N–H and O–H groups in total. The number of piperazine rings is 1.